The predicted molar refractivity (Wildman–Crippen MR) is 93.1 cm³/mol. The molecule has 0 spiro atoms. The Hall–Kier alpha value is -2.29. The fraction of sp³-hybridized carbons (Fsp3) is 0.556. The first-order valence-electron chi connectivity index (χ1n) is 8.61. The summed E-state index contributed by atoms with van der Waals surface area (Å²) < 4.78 is 41.2. The van der Waals surface area contributed by atoms with E-state index >= 15 is 0 Å². The van der Waals surface area contributed by atoms with Gasteiger partial charge in [0.25, 0.3) is 6.47 Å². The summed E-state index contributed by atoms with van der Waals surface area (Å²) in [6, 6.07) is 6.30. The van der Waals surface area contributed by atoms with Crippen LogP contribution in [0.5, 0.6) is 5.75 Å². The molecule has 1 heterocycles. The van der Waals surface area contributed by atoms with Crippen molar-refractivity contribution in [3.8, 4) is 5.75 Å². The van der Waals surface area contributed by atoms with E-state index in [1.807, 2.05) is 0 Å². The number of piperidine rings is 1. The molecule has 0 unspecified atom stereocenters. The molecule has 1 fully saturated rings. The Labute approximate surface area is 156 Å². The highest BCUT2D eigenvalue weighted by atomic mass is 19.4. The van der Waals surface area contributed by atoms with Crippen molar-refractivity contribution in [1.82, 2.24) is 10.2 Å². The Kier molecular flexibility index (Phi) is 9.07. The molecule has 0 atom stereocenters. The van der Waals surface area contributed by atoms with Crippen LogP contribution >= 0.6 is 0 Å². The topological polar surface area (TPSA) is 78.9 Å². The average molecular weight is 390 g/mol. The smallest absolute Gasteiger partial charge is 0.483 e. The van der Waals surface area contributed by atoms with Gasteiger partial charge < -0.3 is 20.1 Å². The minimum atomic E-state index is -4.75. The van der Waals surface area contributed by atoms with E-state index in [9.17, 15) is 18.0 Å². The maximum atomic E-state index is 12.4. The second-order valence-corrected chi connectivity index (χ2v) is 6.38. The summed E-state index contributed by atoms with van der Waals surface area (Å²) >= 11 is 0. The standard InChI is InChI=1S/C17H23F3N2O2.CH2O2/c1-12(2)22-9-7-13(8-10-22)16(23)21-11-14-5-3-4-6-15(14)24-17(18,19)20;2-1-3/h3-6,12-13H,7-11H2,1-2H3,(H,21,23);1H,(H,2,3). The van der Waals surface area contributed by atoms with Crippen molar-refractivity contribution >= 4 is 12.4 Å². The second kappa shape index (κ2) is 10.8. The minimum Gasteiger partial charge on any atom is -0.483 e. The number of rotatable bonds is 5. The Bertz CT molecular complexity index is 601. The van der Waals surface area contributed by atoms with Gasteiger partial charge in [-0.05, 0) is 45.8 Å². The highest BCUT2D eigenvalue weighted by Crippen LogP contribution is 2.26. The first-order chi connectivity index (χ1) is 12.7. The third-order valence-corrected chi connectivity index (χ3v) is 4.28. The number of carbonyl (C=O) groups is 2. The fourth-order valence-corrected chi connectivity index (χ4v) is 2.88. The number of hydrogen-bond donors (Lipinski definition) is 2. The number of nitrogens with zero attached hydrogens (tertiary/aromatic N) is 1. The number of nitrogens with one attached hydrogen (secondary N) is 1. The summed E-state index contributed by atoms with van der Waals surface area (Å²) in [7, 11) is 0. The quantitative estimate of drug-likeness (QED) is 0.756. The van der Waals surface area contributed by atoms with Crippen molar-refractivity contribution in [2.24, 2.45) is 5.92 Å². The zero-order valence-corrected chi connectivity index (χ0v) is 15.3. The maximum absolute atomic E-state index is 12.4. The molecule has 1 saturated heterocycles. The molecule has 0 bridgehead atoms. The molecule has 152 valence electrons. The van der Waals surface area contributed by atoms with E-state index in [0.29, 0.717) is 11.6 Å². The van der Waals surface area contributed by atoms with Crippen molar-refractivity contribution in [2.45, 2.75) is 45.6 Å². The summed E-state index contributed by atoms with van der Waals surface area (Å²) in [5.41, 5.74) is 0.308. The van der Waals surface area contributed by atoms with Gasteiger partial charge in [0.2, 0.25) is 5.91 Å². The minimum absolute atomic E-state index is 0.0233. The van der Waals surface area contributed by atoms with E-state index in [2.05, 4.69) is 28.8 Å². The first-order valence-corrected chi connectivity index (χ1v) is 8.61. The lowest BCUT2D eigenvalue weighted by atomic mass is 9.95. The van der Waals surface area contributed by atoms with Gasteiger partial charge in [0.05, 0.1) is 0 Å². The summed E-state index contributed by atoms with van der Waals surface area (Å²) in [6.07, 6.45) is -3.21. The predicted octanol–water partition coefficient (Wildman–Crippen LogP) is 3.02. The van der Waals surface area contributed by atoms with Gasteiger partial charge >= 0.3 is 6.36 Å². The molecule has 1 amide bonds. The van der Waals surface area contributed by atoms with Crippen molar-refractivity contribution in [3.63, 3.8) is 0 Å². The van der Waals surface area contributed by atoms with Crippen molar-refractivity contribution < 1.29 is 32.6 Å². The molecule has 1 aliphatic heterocycles. The molecule has 0 saturated carbocycles. The molecule has 1 aromatic rings. The van der Waals surface area contributed by atoms with E-state index in [0.717, 1.165) is 25.9 Å². The molecule has 1 aromatic carbocycles. The molecule has 9 heteroatoms. The van der Waals surface area contributed by atoms with E-state index < -0.39 is 6.36 Å². The first kappa shape index (κ1) is 22.8. The van der Waals surface area contributed by atoms with Gasteiger partial charge in [0.15, 0.2) is 0 Å². The fourth-order valence-electron chi connectivity index (χ4n) is 2.88. The average Bonchev–Trinajstić information content (AvgIpc) is 2.60. The van der Waals surface area contributed by atoms with Crippen LogP contribution in [0.4, 0.5) is 13.2 Å². The molecule has 27 heavy (non-hydrogen) atoms. The third kappa shape index (κ3) is 8.29. The van der Waals surface area contributed by atoms with Crippen LogP contribution in [0.25, 0.3) is 0 Å². The van der Waals surface area contributed by atoms with Gasteiger partial charge in [-0.2, -0.15) is 0 Å². The van der Waals surface area contributed by atoms with Crippen LogP contribution in [0.1, 0.15) is 32.3 Å². The summed E-state index contributed by atoms with van der Waals surface area (Å²) in [6.45, 7) is 5.75. The molecule has 0 aromatic heterocycles. The number of amides is 1. The largest absolute Gasteiger partial charge is 0.573 e. The number of alkyl halides is 3. The van der Waals surface area contributed by atoms with Crippen LogP contribution in [0.15, 0.2) is 24.3 Å². The van der Waals surface area contributed by atoms with Crippen LogP contribution in [0.2, 0.25) is 0 Å². The summed E-state index contributed by atoms with van der Waals surface area (Å²) in [4.78, 5) is 22.9. The zero-order chi connectivity index (χ0) is 20.4. The number of carboxylic acid groups (broad SMARTS) is 1. The van der Waals surface area contributed by atoms with Crippen LogP contribution in [0, 0.1) is 5.92 Å². The van der Waals surface area contributed by atoms with Gasteiger partial charge in [0, 0.05) is 24.1 Å². The van der Waals surface area contributed by atoms with Crippen LogP contribution in [0.3, 0.4) is 0 Å². The van der Waals surface area contributed by atoms with E-state index in [1.165, 1.54) is 18.2 Å². The lowest BCUT2D eigenvalue weighted by Gasteiger charge is -2.34. The lowest BCUT2D eigenvalue weighted by Crippen LogP contribution is -2.43. The molecule has 0 aliphatic carbocycles. The van der Waals surface area contributed by atoms with Crippen LogP contribution < -0.4 is 10.1 Å². The number of hydrogen-bond acceptors (Lipinski definition) is 4. The molecule has 0 radical (unpaired) electrons. The molecular formula is C18H25F3N2O4. The summed E-state index contributed by atoms with van der Waals surface area (Å²) in [5.74, 6) is -0.476. The van der Waals surface area contributed by atoms with E-state index in [1.54, 1.807) is 6.07 Å². The van der Waals surface area contributed by atoms with E-state index in [4.69, 9.17) is 9.90 Å². The van der Waals surface area contributed by atoms with Crippen molar-refractivity contribution in [1.29, 1.82) is 0 Å². The number of carbonyl (C=O) groups excluding carboxylic acids is 1. The van der Waals surface area contributed by atoms with Gasteiger partial charge in [0.1, 0.15) is 5.75 Å². The Morgan fingerprint density at radius 1 is 1.33 bits per heavy atom. The molecule has 6 nitrogen and oxygen atoms in total. The third-order valence-electron chi connectivity index (χ3n) is 4.28. The van der Waals surface area contributed by atoms with E-state index in [-0.39, 0.29) is 30.6 Å². The summed E-state index contributed by atoms with van der Waals surface area (Å²) in [5, 5.41) is 9.62. The molecule has 1 aliphatic rings. The van der Waals surface area contributed by atoms with Crippen LogP contribution in [-0.4, -0.2) is 47.9 Å². The molecule has 2 N–H and O–H groups in total. The van der Waals surface area contributed by atoms with Crippen molar-refractivity contribution in [3.05, 3.63) is 29.8 Å². The SMILES string of the molecule is CC(C)N1CCC(C(=O)NCc2ccccc2OC(F)(F)F)CC1.O=CO. The van der Waals surface area contributed by atoms with Gasteiger partial charge in [-0.1, -0.05) is 18.2 Å². The monoisotopic (exact) mass is 390 g/mol. The molecule has 2 rings (SSSR count). The van der Waals surface area contributed by atoms with Gasteiger partial charge in [-0.25, -0.2) is 0 Å². The Morgan fingerprint density at radius 3 is 2.41 bits per heavy atom. The Morgan fingerprint density at radius 2 is 1.89 bits per heavy atom. The number of benzene rings is 1. The van der Waals surface area contributed by atoms with Crippen molar-refractivity contribution in [2.75, 3.05) is 13.1 Å². The van der Waals surface area contributed by atoms with Gasteiger partial charge in [-0.3, -0.25) is 9.59 Å². The zero-order valence-electron chi connectivity index (χ0n) is 15.3. The number of likely N-dealkylation sites (tertiary alicyclic amines) is 1. The lowest BCUT2D eigenvalue weighted by molar-refractivity contribution is -0.274. The highest BCUT2D eigenvalue weighted by Gasteiger charge is 2.32. The number of ether oxygens (including phenoxy) is 1. The number of halogens is 3. The van der Waals surface area contributed by atoms with Gasteiger partial charge in [-0.15, -0.1) is 13.2 Å². The highest BCUT2D eigenvalue weighted by molar-refractivity contribution is 5.78. The molecular weight excluding hydrogens is 365 g/mol. The second-order valence-electron chi connectivity index (χ2n) is 6.38. The number of para-hydroxylation sites is 1. The van der Waals surface area contributed by atoms with Crippen LogP contribution in [-0.2, 0) is 16.1 Å². The normalized spacial score (nSPS) is 15.6. The Balaban J connectivity index is 0.00000114. The maximum Gasteiger partial charge on any atom is 0.573 e.